The second kappa shape index (κ2) is 5.51. The van der Waals surface area contributed by atoms with Crippen LogP contribution in [0, 0.1) is 0 Å². The molecule has 4 nitrogen and oxygen atoms in total. The van der Waals surface area contributed by atoms with Crippen molar-refractivity contribution in [3.63, 3.8) is 0 Å². The summed E-state index contributed by atoms with van der Waals surface area (Å²) in [5.41, 5.74) is 0. The molecule has 84 valence electrons. The summed E-state index contributed by atoms with van der Waals surface area (Å²) >= 11 is 2.07. The van der Waals surface area contributed by atoms with E-state index in [2.05, 4.69) is 34.3 Å². The Morgan fingerprint density at radius 1 is 1.60 bits per heavy atom. The van der Waals surface area contributed by atoms with Gasteiger partial charge in [-0.15, -0.1) is 5.10 Å². The van der Waals surface area contributed by atoms with Crippen LogP contribution in [0.4, 0.5) is 0 Å². The summed E-state index contributed by atoms with van der Waals surface area (Å²) in [7, 11) is 0. The van der Waals surface area contributed by atoms with E-state index in [0.29, 0.717) is 6.04 Å². The van der Waals surface area contributed by atoms with E-state index in [1.54, 1.807) is 6.20 Å². The summed E-state index contributed by atoms with van der Waals surface area (Å²) in [6.07, 6.45) is 6.07. The number of thioether (sulfide) groups is 1. The van der Waals surface area contributed by atoms with Gasteiger partial charge in [0.15, 0.2) is 0 Å². The number of nitrogens with one attached hydrogen (secondary N) is 1. The molecular weight excluding hydrogens is 208 g/mol. The Morgan fingerprint density at radius 3 is 3.20 bits per heavy atom. The van der Waals surface area contributed by atoms with Crippen LogP contribution < -0.4 is 5.32 Å². The molecule has 1 aromatic rings. The zero-order valence-corrected chi connectivity index (χ0v) is 9.91. The summed E-state index contributed by atoms with van der Waals surface area (Å²) in [5.74, 6) is 1.31. The second-order valence-electron chi connectivity index (χ2n) is 3.94. The summed E-state index contributed by atoms with van der Waals surface area (Å²) in [5, 5.41) is 12.1. The molecule has 0 aromatic carbocycles. The van der Waals surface area contributed by atoms with Gasteiger partial charge in [0.05, 0.1) is 6.20 Å². The molecule has 2 heterocycles. The van der Waals surface area contributed by atoms with Gasteiger partial charge in [0.2, 0.25) is 0 Å². The number of rotatable bonds is 5. The van der Waals surface area contributed by atoms with Gasteiger partial charge >= 0.3 is 0 Å². The van der Waals surface area contributed by atoms with Crippen molar-refractivity contribution in [1.82, 2.24) is 20.3 Å². The quantitative estimate of drug-likeness (QED) is 0.765. The Morgan fingerprint density at radius 2 is 2.53 bits per heavy atom. The predicted octanol–water partition coefficient (Wildman–Crippen LogP) is 1.15. The third-order valence-electron chi connectivity index (χ3n) is 2.82. The zero-order valence-electron chi connectivity index (χ0n) is 9.09. The first-order valence-corrected chi connectivity index (χ1v) is 6.60. The van der Waals surface area contributed by atoms with Crippen molar-refractivity contribution in [3.8, 4) is 0 Å². The van der Waals surface area contributed by atoms with Crippen LogP contribution in [0.15, 0.2) is 12.4 Å². The lowest BCUT2D eigenvalue weighted by Crippen LogP contribution is -2.34. The molecule has 1 N–H and O–H groups in total. The van der Waals surface area contributed by atoms with Crippen LogP contribution in [0.5, 0.6) is 0 Å². The van der Waals surface area contributed by atoms with Gasteiger partial charge in [0.25, 0.3) is 0 Å². The van der Waals surface area contributed by atoms with E-state index < -0.39 is 0 Å². The van der Waals surface area contributed by atoms with Gasteiger partial charge in [-0.3, -0.25) is 4.68 Å². The molecule has 5 heteroatoms. The summed E-state index contributed by atoms with van der Waals surface area (Å²) in [6, 6.07) is 0.714. The first kappa shape index (κ1) is 11.0. The minimum Gasteiger partial charge on any atom is -0.313 e. The highest BCUT2D eigenvalue weighted by Crippen LogP contribution is 2.25. The van der Waals surface area contributed by atoms with Crippen LogP contribution in [-0.4, -0.2) is 38.6 Å². The molecule has 1 aliphatic heterocycles. The highest BCUT2D eigenvalue weighted by Gasteiger charge is 2.22. The molecule has 1 aliphatic rings. The third kappa shape index (κ3) is 3.21. The molecule has 0 saturated carbocycles. The van der Waals surface area contributed by atoms with E-state index in [0.717, 1.165) is 24.8 Å². The molecule has 0 aliphatic carbocycles. The zero-order chi connectivity index (χ0) is 10.5. The van der Waals surface area contributed by atoms with Crippen LogP contribution in [0.25, 0.3) is 0 Å². The highest BCUT2D eigenvalue weighted by atomic mass is 32.2. The fourth-order valence-corrected chi connectivity index (χ4v) is 3.11. The Bertz CT molecular complexity index is 275. The lowest BCUT2D eigenvalue weighted by atomic mass is 10.2. The standard InChI is InChI=1S/C10H18N4S/c1-9-10(3-8-15-9)11-4-2-6-14-7-5-12-13-14/h5,7,9-11H,2-4,6,8H2,1H3. The predicted molar refractivity (Wildman–Crippen MR) is 63.0 cm³/mol. The average Bonchev–Trinajstić information content (AvgIpc) is 2.85. The maximum atomic E-state index is 3.94. The van der Waals surface area contributed by atoms with Gasteiger partial charge in [0.1, 0.15) is 0 Å². The largest absolute Gasteiger partial charge is 0.313 e. The van der Waals surface area contributed by atoms with Crippen molar-refractivity contribution < 1.29 is 0 Å². The fraction of sp³-hybridized carbons (Fsp3) is 0.800. The molecule has 2 unspecified atom stereocenters. The summed E-state index contributed by atoms with van der Waals surface area (Å²) in [6.45, 7) is 4.35. The van der Waals surface area contributed by atoms with Gasteiger partial charge in [-0.25, -0.2) is 0 Å². The topological polar surface area (TPSA) is 42.7 Å². The SMILES string of the molecule is CC1SCCC1NCCCn1ccnn1. The van der Waals surface area contributed by atoms with Crippen molar-refractivity contribution >= 4 is 11.8 Å². The van der Waals surface area contributed by atoms with E-state index in [9.17, 15) is 0 Å². The number of nitrogens with zero attached hydrogens (tertiary/aromatic N) is 3. The van der Waals surface area contributed by atoms with Gasteiger partial charge in [-0.2, -0.15) is 11.8 Å². The van der Waals surface area contributed by atoms with Crippen molar-refractivity contribution in [2.24, 2.45) is 0 Å². The number of aryl methyl sites for hydroxylation is 1. The highest BCUT2D eigenvalue weighted by molar-refractivity contribution is 8.00. The van der Waals surface area contributed by atoms with Crippen molar-refractivity contribution in [2.45, 2.75) is 37.6 Å². The van der Waals surface area contributed by atoms with Crippen molar-refractivity contribution in [2.75, 3.05) is 12.3 Å². The van der Waals surface area contributed by atoms with Crippen LogP contribution in [0.1, 0.15) is 19.8 Å². The van der Waals surface area contributed by atoms with Crippen molar-refractivity contribution in [3.05, 3.63) is 12.4 Å². The normalized spacial score (nSPS) is 25.9. The second-order valence-corrected chi connectivity index (χ2v) is 5.43. The first-order valence-electron chi connectivity index (χ1n) is 5.55. The average molecular weight is 226 g/mol. The van der Waals surface area contributed by atoms with Crippen LogP contribution in [0.2, 0.25) is 0 Å². The molecule has 0 bridgehead atoms. The monoisotopic (exact) mass is 226 g/mol. The maximum Gasteiger partial charge on any atom is 0.0692 e. The van der Waals surface area contributed by atoms with Gasteiger partial charge in [-0.1, -0.05) is 12.1 Å². The molecular formula is C10H18N4S. The maximum absolute atomic E-state index is 3.94. The Hall–Kier alpha value is -0.550. The van der Waals surface area contributed by atoms with Crippen LogP contribution >= 0.6 is 11.8 Å². The first-order chi connectivity index (χ1) is 7.36. The van der Waals surface area contributed by atoms with Gasteiger partial charge in [-0.05, 0) is 25.1 Å². The Balaban J connectivity index is 1.59. The third-order valence-corrected chi connectivity index (χ3v) is 4.14. The molecule has 0 spiro atoms. The van der Waals surface area contributed by atoms with Crippen molar-refractivity contribution in [1.29, 1.82) is 0 Å². The molecule has 2 rings (SSSR count). The lowest BCUT2D eigenvalue weighted by molar-refractivity contribution is 0.472. The van der Waals surface area contributed by atoms with E-state index >= 15 is 0 Å². The van der Waals surface area contributed by atoms with Crippen LogP contribution in [-0.2, 0) is 6.54 Å². The van der Waals surface area contributed by atoms with Crippen LogP contribution in [0.3, 0.4) is 0 Å². The molecule has 0 amide bonds. The van der Waals surface area contributed by atoms with E-state index in [1.807, 2.05) is 10.9 Å². The van der Waals surface area contributed by atoms with E-state index in [4.69, 9.17) is 0 Å². The van der Waals surface area contributed by atoms with Gasteiger partial charge in [0, 0.05) is 24.0 Å². The Labute approximate surface area is 94.8 Å². The minimum absolute atomic E-state index is 0.714. The fourth-order valence-electron chi connectivity index (χ4n) is 1.88. The lowest BCUT2D eigenvalue weighted by Gasteiger charge is -2.16. The Kier molecular flexibility index (Phi) is 4.02. The minimum atomic E-state index is 0.714. The van der Waals surface area contributed by atoms with E-state index in [-0.39, 0.29) is 0 Å². The smallest absolute Gasteiger partial charge is 0.0692 e. The number of hydrogen-bond donors (Lipinski definition) is 1. The summed E-state index contributed by atoms with van der Waals surface area (Å²) < 4.78 is 1.88. The molecule has 1 fully saturated rings. The molecule has 1 saturated heterocycles. The molecule has 0 radical (unpaired) electrons. The van der Waals surface area contributed by atoms with E-state index in [1.165, 1.54) is 12.2 Å². The molecule has 1 aromatic heterocycles. The molecule has 2 atom stereocenters. The summed E-state index contributed by atoms with van der Waals surface area (Å²) in [4.78, 5) is 0. The number of hydrogen-bond acceptors (Lipinski definition) is 4. The van der Waals surface area contributed by atoms with Gasteiger partial charge < -0.3 is 5.32 Å². The molecule has 15 heavy (non-hydrogen) atoms. The number of aromatic nitrogens is 3.